The lowest BCUT2D eigenvalue weighted by molar-refractivity contribution is -0.204. The van der Waals surface area contributed by atoms with E-state index in [2.05, 4.69) is 155 Å². The highest BCUT2D eigenvalue weighted by atomic mass is 79.9. The van der Waals surface area contributed by atoms with E-state index in [0.717, 1.165) is 45.8 Å². The Hall–Kier alpha value is -3.32. The van der Waals surface area contributed by atoms with Crippen molar-refractivity contribution in [2.45, 2.75) is 72.4 Å². The van der Waals surface area contributed by atoms with Crippen molar-refractivity contribution in [2.75, 3.05) is 7.11 Å². The fourth-order valence-corrected chi connectivity index (χ4v) is 6.82. The topological polar surface area (TPSA) is 38.7 Å². The Morgan fingerprint density at radius 1 is 0.571 bits per heavy atom. The van der Waals surface area contributed by atoms with E-state index in [1.807, 2.05) is 13.8 Å². The van der Waals surface area contributed by atoms with Crippen LogP contribution in [-0.4, -0.2) is 18.0 Å². The third-order valence-corrected chi connectivity index (χ3v) is 10.6. The number of benzene rings is 6. The second-order valence-electron chi connectivity index (χ2n) is 12.9. The first-order chi connectivity index (χ1) is 23.6. The van der Waals surface area contributed by atoms with Crippen LogP contribution in [0.25, 0.3) is 21.5 Å². The highest BCUT2D eigenvalue weighted by Crippen LogP contribution is 2.31. The molecular formula is C44H46Br2O3. The van der Waals surface area contributed by atoms with Crippen molar-refractivity contribution < 1.29 is 14.6 Å². The van der Waals surface area contributed by atoms with Crippen molar-refractivity contribution in [3.63, 3.8) is 0 Å². The zero-order valence-electron chi connectivity index (χ0n) is 29.2. The first-order valence-corrected chi connectivity index (χ1v) is 18.6. The Bertz CT molecular complexity index is 2000. The molecule has 0 spiro atoms. The van der Waals surface area contributed by atoms with Gasteiger partial charge in [0.2, 0.25) is 0 Å². The summed E-state index contributed by atoms with van der Waals surface area (Å²) in [6, 6.07) is 39.3. The molecule has 6 aromatic carbocycles. The van der Waals surface area contributed by atoms with Gasteiger partial charge in [-0.2, -0.15) is 0 Å². The Balaban J connectivity index is 0.000000195. The molecule has 5 heteroatoms. The minimum atomic E-state index is -0.596. The molecule has 0 aliphatic heterocycles. The van der Waals surface area contributed by atoms with Gasteiger partial charge in [-0.25, -0.2) is 0 Å². The number of ether oxygens (including phenoxy) is 2. The van der Waals surface area contributed by atoms with Crippen LogP contribution in [-0.2, 0) is 48.4 Å². The molecule has 0 atom stereocenters. The van der Waals surface area contributed by atoms with E-state index in [1.54, 1.807) is 7.11 Å². The molecule has 0 aliphatic carbocycles. The Labute approximate surface area is 308 Å². The predicted octanol–water partition coefficient (Wildman–Crippen LogP) is 11.9. The average Bonchev–Trinajstić information content (AvgIpc) is 3.12. The summed E-state index contributed by atoms with van der Waals surface area (Å²) in [6.07, 6.45) is 4.00. The molecule has 0 aliphatic rings. The number of aliphatic hydroxyl groups is 1. The molecule has 49 heavy (non-hydrogen) atoms. The number of halogens is 2. The maximum absolute atomic E-state index is 9.40. The lowest BCUT2D eigenvalue weighted by atomic mass is 9.96. The van der Waals surface area contributed by atoms with Crippen LogP contribution in [0.5, 0.6) is 0 Å². The summed E-state index contributed by atoms with van der Waals surface area (Å²) in [5.74, 6) is -0.596. The predicted molar refractivity (Wildman–Crippen MR) is 212 cm³/mol. The van der Waals surface area contributed by atoms with Gasteiger partial charge in [-0.05, 0) is 130 Å². The normalized spacial score (nSPS) is 11.5. The maximum Gasteiger partial charge on any atom is 0.162 e. The standard InChI is InChI=1S/C24H27BrO2.C20H19BrO/c1-5-17-9-11-18(12-10-17)13-19-7-6-8-20-14-21(23(25)15-22(19)20)16-27-24(2,3)26-4;1-2-14-6-8-15(9-7-14)10-16-4-3-5-17-11-18(13-22)20(21)12-19(16)17/h6-12,14-15H,5,13,16H2,1-4H3;3-9,11-12,22H,2,10,13H2,1H3. The molecule has 0 saturated carbocycles. The average molecular weight is 783 g/mol. The van der Waals surface area contributed by atoms with Crippen molar-refractivity contribution in [1.82, 2.24) is 0 Å². The number of hydrogen-bond acceptors (Lipinski definition) is 3. The number of rotatable bonds is 11. The quantitative estimate of drug-likeness (QED) is 0.133. The van der Waals surface area contributed by atoms with E-state index in [1.165, 1.54) is 54.9 Å². The molecule has 1 N–H and O–H groups in total. The SMILES string of the molecule is CCc1ccc(Cc2cccc3cc(CO)c(Br)cc23)cc1.CCc1ccc(Cc2cccc3cc(COC(C)(C)OC)c(Br)cc23)cc1. The van der Waals surface area contributed by atoms with Gasteiger partial charge in [0.1, 0.15) is 0 Å². The monoisotopic (exact) mass is 780 g/mol. The van der Waals surface area contributed by atoms with Gasteiger partial charge in [-0.1, -0.05) is 131 Å². The third-order valence-electron chi connectivity index (χ3n) is 9.16. The van der Waals surface area contributed by atoms with Gasteiger partial charge in [0, 0.05) is 16.1 Å². The number of aryl methyl sites for hydroxylation is 2. The smallest absolute Gasteiger partial charge is 0.162 e. The second kappa shape index (κ2) is 17.1. The Morgan fingerprint density at radius 3 is 1.43 bits per heavy atom. The first kappa shape index (κ1) is 36.9. The van der Waals surface area contributed by atoms with Gasteiger partial charge in [0.05, 0.1) is 13.2 Å². The van der Waals surface area contributed by atoms with E-state index in [4.69, 9.17) is 9.47 Å². The van der Waals surface area contributed by atoms with Crippen LogP contribution in [0, 0.1) is 0 Å². The maximum atomic E-state index is 9.40. The van der Waals surface area contributed by atoms with E-state index in [9.17, 15) is 5.11 Å². The van der Waals surface area contributed by atoms with E-state index >= 15 is 0 Å². The van der Waals surface area contributed by atoms with Crippen molar-refractivity contribution >= 4 is 53.4 Å². The van der Waals surface area contributed by atoms with Gasteiger partial charge < -0.3 is 14.6 Å². The molecule has 0 fully saturated rings. The van der Waals surface area contributed by atoms with Gasteiger partial charge in [0.15, 0.2) is 5.79 Å². The van der Waals surface area contributed by atoms with Crippen LogP contribution in [0.4, 0.5) is 0 Å². The second-order valence-corrected chi connectivity index (χ2v) is 14.6. The summed E-state index contributed by atoms with van der Waals surface area (Å²) >= 11 is 7.28. The highest BCUT2D eigenvalue weighted by Gasteiger charge is 2.18. The molecule has 6 rings (SSSR count). The molecule has 0 aromatic heterocycles. The van der Waals surface area contributed by atoms with Crippen LogP contribution < -0.4 is 0 Å². The Morgan fingerprint density at radius 2 is 1.00 bits per heavy atom. The van der Waals surface area contributed by atoms with Crippen molar-refractivity contribution in [3.8, 4) is 0 Å². The molecule has 3 nitrogen and oxygen atoms in total. The molecule has 6 aromatic rings. The highest BCUT2D eigenvalue weighted by molar-refractivity contribution is 9.10. The van der Waals surface area contributed by atoms with Gasteiger partial charge in [-0.3, -0.25) is 0 Å². The minimum Gasteiger partial charge on any atom is -0.392 e. The zero-order chi connectivity index (χ0) is 35.0. The molecular weight excluding hydrogens is 736 g/mol. The summed E-state index contributed by atoms with van der Waals surface area (Å²) in [6.45, 7) is 8.76. The van der Waals surface area contributed by atoms with Crippen LogP contribution in [0.3, 0.4) is 0 Å². The van der Waals surface area contributed by atoms with Gasteiger partial charge >= 0.3 is 0 Å². The van der Waals surface area contributed by atoms with Crippen molar-refractivity contribution in [1.29, 1.82) is 0 Å². The summed E-state index contributed by atoms with van der Waals surface area (Å²) in [5.41, 5.74) is 10.1. The van der Waals surface area contributed by atoms with Crippen LogP contribution in [0.15, 0.2) is 118 Å². The van der Waals surface area contributed by atoms with Crippen LogP contribution >= 0.6 is 31.9 Å². The number of aliphatic hydroxyl groups excluding tert-OH is 1. The number of methoxy groups -OCH3 is 1. The van der Waals surface area contributed by atoms with E-state index in [-0.39, 0.29) is 6.61 Å². The van der Waals surface area contributed by atoms with Gasteiger partial charge in [0.25, 0.3) is 0 Å². The van der Waals surface area contributed by atoms with Gasteiger partial charge in [-0.15, -0.1) is 0 Å². The molecule has 0 saturated heterocycles. The van der Waals surface area contributed by atoms with Crippen molar-refractivity contribution in [3.05, 3.63) is 163 Å². The lowest BCUT2D eigenvalue weighted by Crippen LogP contribution is -2.26. The summed E-state index contributed by atoms with van der Waals surface area (Å²) < 4.78 is 13.3. The minimum absolute atomic E-state index is 0.0548. The zero-order valence-corrected chi connectivity index (χ0v) is 32.3. The number of fused-ring (bicyclic) bond motifs is 2. The Kier molecular flexibility index (Phi) is 12.9. The molecule has 0 amide bonds. The van der Waals surface area contributed by atoms with E-state index < -0.39 is 5.79 Å². The molecule has 0 unspecified atom stereocenters. The molecule has 0 radical (unpaired) electrons. The van der Waals surface area contributed by atoms with Crippen LogP contribution in [0.1, 0.15) is 72.2 Å². The van der Waals surface area contributed by atoms with Crippen LogP contribution in [0.2, 0.25) is 0 Å². The molecule has 0 bridgehead atoms. The summed E-state index contributed by atoms with van der Waals surface area (Å²) in [5, 5.41) is 14.3. The summed E-state index contributed by atoms with van der Waals surface area (Å²) in [7, 11) is 1.66. The fraction of sp³-hybridized carbons (Fsp3) is 0.273. The van der Waals surface area contributed by atoms with E-state index in [0.29, 0.717) is 6.61 Å². The molecule has 0 heterocycles. The van der Waals surface area contributed by atoms with Crippen molar-refractivity contribution in [2.24, 2.45) is 0 Å². The number of hydrogen-bond donors (Lipinski definition) is 1. The molecule has 254 valence electrons. The lowest BCUT2D eigenvalue weighted by Gasteiger charge is -2.24. The first-order valence-electron chi connectivity index (χ1n) is 17.0. The fourth-order valence-electron chi connectivity index (χ4n) is 5.90. The third kappa shape index (κ3) is 9.68. The largest absolute Gasteiger partial charge is 0.392 e. The summed E-state index contributed by atoms with van der Waals surface area (Å²) in [4.78, 5) is 0.